The van der Waals surface area contributed by atoms with Crippen LogP contribution >= 0.6 is 23.2 Å². The lowest BCUT2D eigenvalue weighted by Crippen LogP contribution is -2.38. The zero-order valence-corrected chi connectivity index (χ0v) is 11.5. The van der Waals surface area contributed by atoms with Crippen molar-refractivity contribution in [1.82, 2.24) is 5.32 Å². The standard InChI is InChI=1S/C12H15Cl2NO3/c1-18-7-8(4-5-13)15-12(17)10-6-9(16)2-3-11(10)14/h2-3,6,8,16H,4-5,7H2,1H3,(H,15,17). The van der Waals surface area contributed by atoms with Gasteiger partial charge in [-0.25, -0.2) is 0 Å². The van der Waals surface area contributed by atoms with E-state index in [2.05, 4.69) is 5.32 Å². The molecule has 1 unspecified atom stereocenters. The number of hydrogen-bond donors (Lipinski definition) is 2. The molecule has 0 aliphatic carbocycles. The van der Waals surface area contributed by atoms with E-state index >= 15 is 0 Å². The van der Waals surface area contributed by atoms with Gasteiger partial charge in [-0.05, 0) is 24.6 Å². The van der Waals surface area contributed by atoms with Crippen LogP contribution in [-0.4, -0.2) is 36.7 Å². The van der Waals surface area contributed by atoms with Gasteiger partial charge in [0.15, 0.2) is 0 Å². The highest BCUT2D eigenvalue weighted by Gasteiger charge is 2.16. The number of halogens is 2. The smallest absolute Gasteiger partial charge is 0.253 e. The maximum atomic E-state index is 12.0. The van der Waals surface area contributed by atoms with E-state index in [4.69, 9.17) is 27.9 Å². The Morgan fingerprint density at radius 2 is 2.28 bits per heavy atom. The zero-order valence-electron chi connectivity index (χ0n) is 9.95. The predicted octanol–water partition coefficient (Wildman–Crippen LogP) is 2.42. The first kappa shape index (κ1) is 15.1. The molecule has 1 rings (SSSR count). The van der Waals surface area contributed by atoms with Gasteiger partial charge in [0.25, 0.3) is 5.91 Å². The monoisotopic (exact) mass is 291 g/mol. The van der Waals surface area contributed by atoms with Crippen LogP contribution in [0.2, 0.25) is 5.02 Å². The number of benzene rings is 1. The summed E-state index contributed by atoms with van der Waals surface area (Å²) in [5.41, 5.74) is 0.229. The normalized spacial score (nSPS) is 12.2. The van der Waals surface area contributed by atoms with E-state index in [0.717, 1.165) is 0 Å². The molecule has 1 atom stereocenters. The first-order valence-electron chi connectivity index (χ1n) is 5.42. The quantitative estimate of drug-likeness (QED) is 0.792. The number of rotatable bonds is 6. The van der Waals surface area contributed by atoms with E-state index in [1.54, 1.807) is 7.11 Å². The number of phenolic OH excluding ortho intramolecular Hbond substituents is 1. The number of nitrogens with one attached hydrogen (secondary N) is 1. The first-order valence-corrected chi connectivity index (χ1v) is 6.34. The molecule has 1 amide bonds. The van der Waals surface area contributed by atoms with Crippen LogP contribution in [0.4, 0.5) is 0 Å². The van der Waals surface area contributed by atoms with Crippen molar-refractivity contribution >= 4 is 29.1 Å². The van der Waals surface area contributed by atoms with E-state index < -0.39 is 0 Å². The second kappa shape index (κ2) is 7.46. The molecule has 100 valence electrons. The average Bonchev–Trinajstić information content (AvgIpc) is 2.33. The highest BCUT2D eigenvalue weighted by molar-refractivity contribution is 6.33. The summed E-state index contributed by atoms with van der Waals surface area (Å²) in [5.74, 6) is 0.0514. The summed E-state index contributed by atoms with van der Waals surface area (Å²) in [5, 5.41) is 12.4. The van der Waals surface area contributed by atoms with Crippen LogP contribution in [0.15, 0.2) is 18.2 Å². The molecular weight excluding hydrogens is 277 g/mol. The Labute approximate surface area is 116 Å². The van der Waals surface area contributed by atoms with E-state index in [-0.39, 0.29) is 28.3 Å². The molecule has 0 fully saturated rings. The highest BCUT2D eigenvalue weighted by atomic mass is 35.5. The maximum Gasteiger partial charge on any atom is 0.253 e. The van der Waals surface area contributed by atoms with Crippen LogP contribution in [0, 0.1) is 0 Å². The summed E-state index contributed by atoms with van der Waals surface area (Å²) in [4.78, 5) is 12.0. The molecule has 0 aliphatic heterocycles. The van der Waals surface area contributed by atoms with Gasteiger partial charge in [-0.15, -0.1) is 11.6 Å². The SMILES string of the molecule is COCC(CCCl)NC(=O)c1cc(O)ccc1Cl. The van der Waals surface area contributed by atoms with Crippen molar-refractivity contribution in [3.8, 4) is 5.75 Å². The molecule has 1 aromatic rings. The zero-order chi connectivity index (χ0) is 13.5. The Morgan fingerprint density at radius 3 is 2.89 bits per heavy atom. The topological polar surface area (TPSA) is 58.6 Å². The van der Waals surface area contributed by atoms with E-state index in [0.29, 0.717) is 18.9 Å². The molecule has 0 radical (unpaired) electrons. The predicted molar refractivity (Wildman–Crippen MR) is 71.6 cm³/mol. The number of ether oxygens (including phenoxy) is 1. The highest BCUT2D eigenvalue weighted by Crippen LogP contribution is 2.21. The molecule has 0 saturated heterocycles. The van der Waals surface area contributed by atoms with Gasteiger partial charge in [0.1, 0.15) is 5.75 Å². The molecule has 6 heteroatoms. The third-order valence-electron chi connectivity index (χ3n) is 2.36. The van der Waals surface area contributed by atoms with Gasteiger partial charge in [0.2, 0.25) is 0 Å². The van der Waals surface area contributed by atoms with Crippen molar-refractivity contribution in [2.24, 2.45) is 0 Å². The van der Waals surface area contributed by atoms with Gasteiger partial charge in [-0.3, -0.25) is 4.79 Å². The van der Waals surface area contributed by atoms with Crippen molar-refractivity contribution in [1.29, 1.82) is 0 Å². The number of carbonyl (C=O) groups is 1. The van der Waals surface area contributed by atoms with E-state index in [1.165, 1.54) is 18.2 Å². The molecule has 0 aliphatic rings. The van der Waals surface area contributed by atoms with Crippen molar-refractivity contribution < 1.29 is 14.6 Å². The fourth-order valence-corrected chi connectivity index (χ4v) is 1.95. The van der Waals surface area contributed by atoms with Crippen molar-refractivity contribution in [2.45, 2.75) is 12.5 Å². The summed E-state index contributed by atoms with van der Waals surface area (Å²) < 4.78 is 4.99. The lowest BCUT2D eigenvalue weighted by molar-refractivity contribution is 0.0895. The summed E-state index contributed by atoms with van der Waals surface area (Å²) in [6.45, 7) is 0.370. The summed E-state index contributed by atoms with van der Waals surface area (Å²) >= 11 is 11.5. The van der Waals surface area contributed by atoms with Crippen LogP contribution in [-0.2, 0) is 4.74 Å². The van der Waals surface area contributed by atoms with Gasteiger partial charge in [0.05, 0.1) is 23.2 Å². The Hall–Kier alpha value is -0.970. The molecule has 0 heterocycles. The number of methoxy groups -OCH3 is 1. The van der Waals surface area contributed by atoms with Crippen molar-refractivity contribution in [3.63, 3.8) is 0 Å². The number of aromatic hydroxyl groups is 1. The summed E-state index contributed by atoms with van der Waals surface area (Å²) in [6.07, 6.45) is 0.595. The van der Waals surface area contributed by atoms with Crippen LogP contribution in [0.25, 0.3) is 0 Å². The lowest BCUT2D eigenvalue weighted by atomic mass is 10.1. The molecule has 2 N–H and O–H groups in total. The van der Waals surface area contributed by atoms with Gasteiger partial charge in [-0.1, -0.05) is 11.6 Å². The second-order valence-corrected chi connectivity index (χ2v) is 4.55. The summed E-state index contributed by atoms with van der Waals surface area (Å²) in [6, 6.07) is 4.03. The van der Waals surface area contributed by atoms with Crippen LogP contribution in [0.1, 0.15) is 16.8 Å². The summed E-state index contributed by atoms with van der Waals surface area (Å²) in [7, 11) is 1.55. The van der Waals surface area contributed by atoms with Crippen LogP contribution in [0.3, 0.4) is 0 Å². The van der Waals surface area contributed by atoms with E-state index in [9.17, 15) is 9.90 Å². The minimum absolute atomic E-state index is 0.00909. The lowest BCUT2D eigenvalue weighted by Gasteiger charge is -2.17. The van der Waals surface area contributed by atoms with Gasteiger partial charge < -0.3 is 15.2 Å². The number of alkyl halides is 1. The molecule has 0 bridgehead atoms. The Bertz CT molecular complexity index is 406. The fraction of sp³-hybridized carbons (Fsp3) is 0.417. The third kappa shape index (κ3) is 4.37. The molecule has 1 aromatic carbocycles. The number of carbonyl (C=O) groups excluding carboxylic acids is 1. The number of amides is 1. The van der Waals surface area contributed by atoms with Gasteiger partial charge in [-0.2, -0.15) is 0 Å². The molecular formula is C12H15Cl2NO3. The molecule has 4 nitrogen and oxygen atoms in total. The maximum absolute atomic E-state index is 12.0. The Kier molecular flexibility index (Phi) is 6.25. The first-order chi connectivity index (χ1) is 8.58. The largest absolute Gasteiger partial charge is 0.508 e. The molecule has 18 heavy (non-hydrogen) atoms. The van der Waals surface area contributed by atoms with Gasteiger partial charge in [0, 0.05) is 13.0 Å². The van der Waals surface area contributed by atoms with E-state index in [1.807, 2.05) is 0 Å². The van der Waals surface area contributed by atoms with Crippen molar-refractivity contribution in [3.05, 3.63) is 28.8 Å². The van der Waals surface area contributed by atoms with Gasteiger partial charge >= 0.3 is 0 Å². The van der Waals surface area contributed by atoms with Crippen LogP contribution in [0.5, 0.6) is 5.75 Å². The third-order valence-corrected chi connectivity index (χ3v) is 2.90. The van der Waals surface area contributed by atoms with Crippen molar-refractivity contribution in [2.75, 3.05) is 19.6 Å². The number of phenols is 1. The molecule has 0 spiro atoms. The minimum Gasteiger partial charge on any atom is -0.508 e. The Balaban J connectivity index is 2.76. The average molecular weight is 292 g/mol. The fourth-order valence-electron chi connectivity index (χ4n) is 1.48. The second-order valence-electron chi connectivity index (χ2n) is 3.77. The molecule has 0 aromatic heterocycles. The number of hydrogen-bond acceptors (Lipinski definition) is 3. The Morgan fingerprint density at radius 1 is 1.56 bits per heavy atom. The van der Waals surface area contributed by atoms with Crippen LogP contribution < -0.4 is 5.32 Å². The minimum atomic E-state index is -0.358. The molecule has 0 saturated carbocycles.